The van der Waals surface area contributed by atoms with E-state index in [0.717, 1.165) is 32.2 Å². The minimum atomic E-state index is 0.335. The molecule has 0 saturated heterocycles. The van der Waals surface area contributed by atoms with E-state index >= 15 is 0 Å². The third kappa shape index (κ3) is 5.55. The molecule has 0 amide bonds. The highest BCUT2D eigenvalue weighted by Crippen LogP contribution is 2.14. The van der Waals surface area contributed by atoms with Gasteiger partial charge in [-0.2, -0.15) is 10.2 Å². The molecule has 4 heteroatoms. The van der Waals surface area contributed by atoms with E-state index in [9.17, 15) is 0 Å². The van der Waals surface area contributed by atoms with Gasteiger partial charge in [0.05, 0.1) is 12.7 Å². The Morgan fingerprint density at radius 1 is 1.48 bits per heavy atom. The van der Waals surface area contributed by atoms with Crippen LogP contribution in [0.3, 0.4) is 0 Å². The summed E-state index contributed by atoms with van der Waals surface area (Å²) in [5.74, 6) is 0. The minimum absolute atomic E-state index is 0.335. The molecule has 0 aliphatic heterocycles. The van der Waals surface area contributed by atoms with Crippen molar-refractivity contribution in [3.8, 4) is 0 Å². The third-order valence-electron chi connectivity index (χ3n) is 3.96. The molecule has 0 bridgehead atoms. The zero-order valence-corrected chi connectivity index (χ0v) is 14.6. The highest BCUT2D eigenvalue weighted by Gasteiger charge is 2.05. The molecule has 1 aromatic rings. The second-order valence-electron chi connectivity index (χ2n) is 6.40. The fraction of sp³-hybridized carbons (Fsp3) is 0.474. The molecule has 1 aliphatic rings. The number of hydrogen-bond acceptors (Lipinski definition) is 3. The molecular weight excluding hydrogens is 284 g/mol. The molecule has 1 aliphatic carbocycles. The molecule has 1 aromatic heterocycles. The van der Waals surface area contributed by atoms with Crippen molar-refractivity contribution in [2.24, 2.45) is 5.10 Å². The van der Waals surface area contributed by atoms with E-state index < -0.39 is 0 Å². The van der Waals surface area contributed by atoms with Crippen LogP contribution in [0.1, 0.15) is 45.6 Å². The lowest BCUT2D eigenvalue weighted by Crippen LogP contribution is -2.19. The first-order valence-corrected chi connectivity index (χ1v) is 8.37. The van der Waals surface area contributed by atoms with Gasteiger partial charge >= 0.3 is 0 Å². The number of nitrogens with zero attached hydrogens (tertiary/aromatic N) is 4. The van der Waals surface area contributed by atoms with Crippen molar-refractivity contribution in [2.75, 3.05) is 0 Å². The maximum atomic E-state index is 4.48. The lowest BCUT2D eigenvalue weighted by molar-refractivity contribution is 0.327. The maximum Gasteiger partial charge on any atom is 0.0656 e. The van der Waals surface area contributed by atoms with Crippen molar-refractivity contribution < 1.29 is 0 Å². The summed E-state index contributed by atoms with van der Waals surface area (Å²) in [6.45, 7) is 10.8. The Morgan fingerprint density at radius 3 is 2.96 bits per heavy atom. The van der Waals surface area contributed by atoms with Crippen LogP contribution in [-0.2, 0) is 13.0 Å². The Hall–Kier alpha value is -2.10. The van der Waals surface area contributed by atoms with E-state index in [0.29, 0.717) is 6.04 Å². The molecule has 4 nitrogen and oxygen atoms in total. The van der Waals surface area contributed by atoms with Crippen LogP contribution in [0.2, 0.25) is 0 Å². The van der Waals surface area contributed by atoms with Crippen molar-refractivity contribution in [3.63, 3.8) is 0 Å². The number of aromatic nitrogens is 2. The topological polar surface area (TPSA) is 33.4 Å². The second-order valence-corrected chi connectivity index (χ2v) is 6.40. The fourth-order valence-corrected chi connectivity index (χ4v) is 2.58. The Balaban J connectivity index is 1.87. The molecule has 0 atom stereocenters. The molecule has 0 fully saturated rings. The predicted molar refractivity (Wildman–Crippen MR) is 97.3 cm³/mol. The number of allylic oxidation sites excluding steroid dienone is 5. The summed E-state index contributed by atoms with van der Waals surface area (Å²) in [6.07, 6.45) is 17.3. The van der Waals surface area contributed by atoms with Crippen LogP contribution in [0.15, 0.2) is 53.1 Å². The van der Waals surface area contributed by atoms with Crippen LogP contribution in [0.25, 0.3) is 0 Å². The summed E-state index contributed by atoms with van der Waals surface area (Å²) in [5, 5.41) is 10.4. The summed E-state index contributed by atoms with van der Waals surface area (Å²) < 4.78 is 2.03. The summed E-state index contributed by atoms with van der Waals surface area (Å²) >= 11 is 0. The van der Waals surface area contributed by atoms with E-state index in [4.69, 9.17) is 0 Å². The first-order valence-electron chi connectivity index (χ1n) is 8.37. The average molecular weight is 312 g/mol. The number of hydrazone groups is 1. The van der Waals surface area contributed by atoms with Crippen LogP contribution >= 0.6 is 0 Å². The Labute approximate surface area is 139 Å². The number of aryl methyl sites for hydroxylation is 1. The van der Waals surface area contributed by atoms with Crippen LogP contribution in [0.5, 0.6) is 0 Å². The lowest BCUT2D eigenvalue weighted by atomic mass is 10.1. The predicted octanol–water partition coefficient (Wildman–Crippen LogP) is 4.32. The molecule has 2 rings (SSSR count). The van der Waals surface area contributed by atoms with Gasteiger partial charge in [-0.25, -0.2) is 0 Å². The highest BCUT2D eigenvalue weighted by molar-refractivity contribution is 5.23. The number of rotatable bonds is 8. The molecule has 0 aromatic carbocycles. The Kier molecular flexibility index (Phi) is 6.39. The number of hydrogen-bond donors (Lipinski definition) is 0. The van der Waals surface area contributed by atoms with Gasteiger partial charge < -0.3 is 0 Å². The standard InChI is InChI=1S/C19H28N4/c1-16(2)23(20-4)13-17(3)10-11-19-12-21-22(15-19)14-18-8-6-5-7-9-18/h6,8-9,12-13,15-16H,4-5,7,10-11,14H2,1-3H3/b17-13+. The van der Waals surface area contributed by atoms with Crippen LogP contribution in [0, 0.1) is 0 Å². The van der Waals surface area contributed by atoms with Crippen molar-refractivity contribution in [2.45, 2.75) is 59.0 Å². The normalized spacial score (nSPS) is 15.0. The second kappa shape index (κ2) is 8.51. The molecule has 0 radical (unpaired) electrons. The molecule has 0 spiro atoms. The molecule has 0 saturated carbocycles. The third-order valence-corrected chi connectivity index (χ3v) is 3.96. The van der Waals surface area contributed by atoms with Gasteiger partial charge in [-0.1, -0.05) is 23.8 Å². The summed E-state index contributed by atoms with van der Waals surface area (Å²) in [5.41, 5.74) is 3.93. The average Bonchev–Trinajstić information content (AvgIpc) is 2.98. The molecular formula is C19H28N4. The maximum absolute atomic E-state index is 4.48. The van der Waals surface area contributed by atoms with E-state index in [1.807, 2.05) is 15.9 Å². The van der Waals surface area contributed by atoms with Gasteiger partial charge in [0.15, 0.2) is 0 Å². The monoisotopic (exact) mass is 312 g/mol. The van der Waals surface area contributed by atoms with Crippen molar-refractivity contribution in [1.29, 1.82) is 0 Å². The van der Waals surface area contributed by atoms with Crippen molar-refractivity contribution >= 4 is 6.72 Å². The minimum Gasteiger partial charge on any atom is -0.271 e. The molecule has 1 heterocycles. The van der Waals surface area contributed by atoms with Crippen LogP contribution in [0.4, 0.5) is 0 Å². The zero-order chi connectivity index (χ0) is 16.7. The highest BCUT2D eigenvalue weighted by atomic mass is 15.4. The first kappa shape index (κ1) is 17.3. The largest absolute Gasteiger partial charge is 0.271 e. The van der Waals surface area contributed by atoms with Gasteiger partial charge in [-0.3, -0.25) is 9.69 Å². The van der Waals surface area contributed by atoms with Gasteiger partial charge in [0.25, 0.3) is 0 Å². The Bertz CT molecular complexity index is 605. The van der Waals surface area contributed by atoms with Crippen molar-refractivity contribution in [3.05, 3.63) is 53.5 Å². The van der Waals surface area contributed by atoms with Gasteiger partial charge in [0, 0.05) is 25.2 Å². The summed E-state index contributed by atoms with van der Waals surface area (Å²) in [4.78, 5) is 0. The van der Waals surface area contributed by atoms with Crippen LogP contribution < -0.4 is 0 Å². The lowest BCUT2D eigenvalue weighted by Gasteiger charge is -2.19. The SMILES string of the molecule is C=NN(/C=C(\C)CCc1cnn(CC2=CCCC=C2)c1)C(C)C. The first-order chi connectivity index (χ1) is 11.1. The summed E-state index contributed by atoms with van der Waals surface area (Å²) in [7, 11) is 0. The van der Waals surface area contributed by atoms with E-state index in [1.54, 1.807) is 0 Å². The zero-order valence-electron chi connectivity index (χ0n) is 14.6. The molecule has 0 unspecified atom stereocenters. The molecule has 23 heavy (non-hydrogen) atoms. The van der Waals surface area contributed by atoms with E-state index in [1.165, 1.54) is 16.7 Å². The smallest absolute Gasteiger partial charge is 0.0656 e. The van der Waals surface area contributed by atoms with Gasteiger partial charge in [0.2, 0.25) is 0 Å². The van der Waals surface area contributed by atoms with E-state index in [2.05, 4.69) is 68.3 Å². The van der Waals surface area contributed by atoms with Crippen LogP contribution in [-0.4, -0.2) is 27.5 Å². The molecule has 0 N–H and O–H groups in total. The van der Waals surface area contributed by atoms with E-state index in [-0.39, 0.29) is 0 Å². The Morgan fingerprint density at radius 2 is 2.30 bits per heavy atom. The van der Waals surface area contributed by atoms with Crippen molar-refractivity contribution in [1.82, 2.24) is 14.8 Å². The summed E-state index contributed by atoms with van der Waals surface area (Å²) in [6, 6.07) is 0.335. The van der Waals surface area contributed by atoms with Gasteiger partial charge in [0.1, 0.15) is 0 Å². The fourth-order valence-electron chi connectivity index (χ4n) is 2.58. The quantitative estimate of drug-likeness (QED) is 0.529. The van der Waals surface area contributed by atoms with Gasteiger partial charge in [-0.15, -0.1) is 0 Å². The molecule has 124 valence electrons. The van der Waals surface area contributed by atoms with Gasteiger partial charge in [-0.05, 0) is 57.6 Å².